The fourth-order valence-corrected chi connectivity index (χ4v) is 4.72. The molecule has 0 unspecified atom stereocenters. The lowest BCUT2D eigenvalue weighted by molar-refractivity contribution is -0.122. The molecule has 1 aliphatic heterocycles. The Balaban J connectivity index is 1.53. The van der Waals surface area contributed by atoms with E-state index in [1.54, 1.807) is 36.2 Å². The third kappa shape index (κ3) is 6.78. The van der Waals surface area contributed by atoms with Gasteiger partial charge in [-0.2, -0.15) is 0 Å². The number of urea groups is 1. The molecule has 1 heterocycles. The molecule has 7 heteroatoms. The molecule has 1 saturated heterocycles. The maximum Gasteiger partial charge on any atom is 0.325 e. The number of rotatable bonds is 6. The molecule has 0 radical (unpaired) electrons. The van der Waals surface area contributed by atoms with Gasteiger partial charge in [0.25, 0.3) is 0 Å². The molecule has 2 fully saturated rings. The number of nitrogens with one attached hydrogen (secondary N) is 1. The van der Waals surface area contributed by atoms with E-state index in [1.807, 2.05) is 6.07 Å². The van der Waals surface area contributed by atoms with E-state index in [-0.39, 0.29) is 24.5 Å². The topological polar surface area (TPSA) is 71.1 Å². The molecule has 1 aromatic rings. The Kier molecular flexibility index (Phi) is 9.50. The first kappa shape index (κ1) is 24.2. The summed E-state index contributed by atoms with van der Waals surface area (Å²) in [6, 6.07) is 5.51. The fraction of sp³-hybridized carbons (Fsp3) is 0.680. The van der Waals surface area contributed by atoms with Crippen LogP contribution >= 0.6 is 0 Å². The van der Waals surface area contributed by atoms with Crippen molar-refractivity contribution in [3.63, 3.8) is 0 Å². The number of benzene rings is 1. The van der Waals surface area contributed by atoms with Gasteiger partial charge in [-0.3, -0.25) is 9.69 Å². The van der Waals surface area contributed by atoms with Gasteiger partial charge in [0.05, 0.1) is 14.2 Å². The molecule has 3 amide bonds. The minimum atomic E-state index is -0.147. The normalized spacial score (nSPS) is 19.2. The van der Waals surface area contributed by atoms with Crippen LogP contribution in [0, 0.1) is 0 Å². The van der Waals surface area contributed by atoms with Gasteiger partial charge in [-0.1, -0.05) is 57.8 Å². The standard InChI is InChI=1S/C25H39N3O4/c1-31-22-15-14-21(18-23(22)32-2)28-17-16-27(25(28)30)19-24(29)26-20-12-10-8-6-4-3-5-7-9-11-13-20/h14-15,18,20H,3-13,16-17,19H2,1-2H3,(H,26,29). The predicted molar refractivity (Wildman–Crippen MR) is 127 cm³/mol. The van der Waals surface area contributed by atoms with E-state index in [1.165, 1.54) is 57.8 Å². The Morgan fingerprint density at radius 1 is 0.906 bits per heavy atom. The maximum atomic E-state index is 12.9. The highest BCUT2D eigenvalue weighted by atomic mass is 16.5. The van der Waals surface area contributed by atoms with Gasteiger partial charge in [0.15, 0.2) is 11.5 Å². The molecule has 2 aliphatic rings. The predicted octanol–water partition coefficient (Wildman–Crippen LogP) is 4.74. The van der Waals surface area contributed by atoms with Crippen molar-refractivity contribution in [3.8, 4) is 11.5 Å². The molecule has 1 saturated carbocycles. The molecule has 1 aromatic carbocycles. The second-order valence-electron chi connectivity index (χ2n) is 8.92. The molecule has 1 N–H and O–H groups in total. The lowest BCUT2D eigenvalue weighted by Crippen LogP contribution is -2.43. The number of carbonyl (C=O) groups excluding carboxylic acids is 2. The van der Waals surface area contributed by atoms with Gasteiger partial charge in [0.1, 0.15) is 6.54 Å². The van der Waals surface area contributed by atoms with Gasteiger partial charge in [-0.25, -0.2) is 4.79 Å². The number of methoxy groups -OCH3 is 2. The van der Waals surface area contributed by atoms with Crippen LogP contribution in [-0.2, 0) is 4.79 Å². The van der Waals surface area contributed by atoms with Crippen LogP contribution in [0.2, 0.25) is 0 Å². The monoisotopic (exact) mass is 445 g/mol. The van der Waals surface area contributed by atoms with E-state index in [2.05, 4.69) is 5.32 Å². The summed E-state index contributed by atoms with van der Waals surface area (Å²) >= 11 is 0. The largest absolute Gasteiger partial charge is 0.493 e. The molecule has 1 aliphatic carbocycles. The van der Waals surface area contributed by atoms with Crippen LogP contribution in [0.25, 0.3) is 0 Å². The summed E-state index contributed by atoms with van der Waals surface area (Å²) in [4.78, 5) is 29.0. The lowest BCUT2D eigenvalue weighted by atomic mass is 9.98. The van der Waals surface area contributed by atoms with E-state index < -0.39 is 0 Å². The molecule has 0 atom stereocenters. The van der Waals surface area contributed by atoms with Gasteiger partial charge in [0, 0.05) is 30.9 Å². The van der Waals surface area contributed by atoms with Gasteiger partial charge in [-0.15, -0.1) is 0 Å². The van der Waals surface area contributed by atoms with Crippen LogP contribution in [0.4, 0.5) is 10.5 Å². The van der Waals surface area contributed by atoms with Crippen molar-refractivity contribution in [1.82, 2.24) is 10.2 Å². The van der Waals surface area contributed by atoms with E-state index in [4.69, 9.17) is 9.47 Å². The molecule has 32 heavy (non-hydrogen) atoms. The number of amides is 3. The first-order valence-electron chi connectivity index (χ1n) is 12.2. The lowest BCUT2D eigenvalue weighted by Gasteiger charge is -2.22. The van der Waals surface area contributed by atoms with Crippen molar-refractivity contribution in [2.24, 2.45) is 0 Å². The average molecular weight is 446 g/mol. The smallest absolute Gasteiger partial charge is 0.325 e. The minimum absolute atomic E-state index is 0.0513. The number of carbonyl (C=O) groups is 2. The maximum absolute atomic E-state index is 12.9. The molecule has 7 nitrogen and oxygen atoms in total. The summed E-state index contributed by atoms with van der Waals surface area (Å²) in [5, 5.41) is 3.22. The highest BCUT2D eigenvalue weighted by Gasteiger charge is 2.31. The van der Waals surface area contributed by atoms with E-state index >= 15 is 0 Å². The highest BCUT2D eigenvalue weighted by Crippen LogP contribution is 2.32. The first-order chi connectivity index (χ1) is 15.6. The summed E-state index contributed by atoms with van der Waals surface area (Å²) in [5.74, 6) is 1.15. The number of hydrogen-bond donors (Lipinski definition) is 1. The summed E-state index contributed by atoms with van der Waals surface area (Å²) in [5.41, 5.74) is 0.745. The number of hydrogen-bond acceptors (Lipinski definition) is 4. The van der Waals surface area contributed by atoms with Crippen LogP contribution < -0.4 is 19.7 Å². The SMILES string of the molecule is COc1ccc(N2CCN(CC(=O)NC3CCCCCCCCCCC3)C2=O)cc1OC. The van der Waals surface area contributed by atoms with Gasteiger partial charge < -0.3 is 19.7 Å². The average Bonchev–Trinajstić information content (AvgIpc) is 3.15. The molecule has 0 aromatic heterocycles. The highest BCUT2D eigenvalue weighted by molar-refractivity contribution is 5.96. The van der Waals surface area contributed by atoms with Crippen molar-refractivity contribution in [1.29, 1.82) is 0 Å². The summed E-state index contributed by atoms with van der Waals surface area (Å²) in [6.07, 6.45) is 13.5. The Morgan fingerprint density at radius 3 is 2.09 bits per heavy atom. The van der Waals surface area contributed by atoms with E-state index in [0.717, 1.165) is 18.5 Å². The minimum Gasteiger partial charge on any atom is -0.493 e. The van der Waals surface area contributed by atoms with Crippen molar-refractivity contribution >= 4 is 17.6 Å². The Labute approximate surface area is 192 Å². The van der Waals surface area contributed by atoms with Gasteiger partial charge in [0.2, 0.25) is 5.91 Å². The third-order valence-corrected chi connectivity index (χ3v) is 6.58. The summed E-state index contributed by atoms with van der Waals surface area (Å²) in [7, 11) is 3.16. The zero-order chi connectivity index (χ0) is 22.8. The second-order valence-corrected chi connectivity index (χ2v) is 8.92. The quantitative estimate of drug-likeness (QED) is 0.687. The Hall–Kier alpha value is -2.44. The molecule has 0 spiro atoms. The molecule has 3 rings (SSSR count). The zero-order valence-electron chi connectivity index (χ0n) is 19.7. The van der Waals surface area contributed by atoms with E-state index in [0.29, 0.717) is 24.6 Å². The number of ether oxygens (including phenoxy) is 2. The van der Waals surface area contributed by atoms with Crippen molar-refractivity contribution in [2.45, 2.75) is 76.7 Å². The fourth-order valence-electron chi connectivity index (χ4n) is 4.72. The van der Waals surface area contributed by atoms with Crippen molar-refractivity contribution < 1.29 is 19.1 Å². The number of nitrogens with zero attached hydrogens (tertiary/aromatic N) is 2. The Bertz CT molecular complexity index is 743. The molecule has 0 bridgehead atoms. The van der Waals surface area contributed by atoms with Crippen LogP contribution in [-0.4, -0.2) is 56.7 Å². The van der Waals surface area contributed by atoms with Gasteiger partial charge in [-0.05, 0) is 25.0 Å². The van der Waals surface area contributed by atoms with Crippen LogP contribution in [0.15, 0.2) is 18.2 Å². The molecule has 178 valence electrons. The van der Waals surface area contributed by atoms with Crippen molar-refractivity contribution in [2.75, 3.05) is 38.8 Å². The number of anilines is 1. The Morgan fingerprint density at radius 2 is 1.50 bits per heavy atom. The van der Waals surface area contributed by atoms with Crippen LogP contribution in [0.5, 0.6) is 11.5 Å². The van der Waals surface area contributed by atoms with Crippen LogP contribution in [0.3, 0.4) is 0 Å². The van der Waals surface area contributed by atoms with Crippen LogP contribution in [0.1, 0.15) is 70.6 Å². The molecular weight excluding hydrogens is 406 g/mol. The zero-order valence-corrected chi connectivity index (χ0v) is 19.7. The first-order valence-corrected chi connectivity index (χ1v) is 12.2. The molecular formula is C25H39N3O4. The van der Waals surface area contributed by atoms with Crippen molar-refractivity contribution in [3.05, 3.63) is 18.2 Å². The summed E-state index contributed by atoms with van der Waals surface area (Å²) in [6.45, 7) is 1.19. The third-order valence-electron chi connectivity index (χ3n) is 6.58. The van der Waals surface area contributed by atoms with E-state index in [9.17, 15) is 9.59 Å². The summed E-state index contributed by atoms with van der Waals surface area (Å²) < 4.78 is 10.6. The van der Waals surface area contributed by atoms with Gasteiger partial charge >= 0.3 is 6.03 Å². The second kappa shape index (κ2) is 12.6.